The molecular formula is C61H52N4. The molecule has 0 bridgehead atoms. The van der Waals surface area contributed by atoms with Crippen LogP contribution in [0, 0.1) is 0 Å². The van der Waals surface area contributed by atoms with Crippen LogP contribution in [-0.4, -0.2) is 19.1 Å². The zero-order valence-electron chi connectivity index (χ0n) is 37.9. The molecule has 0 amide bonds. The summed E-state index contributed by atoms with van der Waals surface area (Å²) in [6.45, 7) is 13.7. The summed E-state index contributed by atoms with van der Waals surface area (Å²) in [6.07, 6.45) is 0. The quantitative estimate of drug-likeness (QED) is 0.150. The zero-order valence-corrected chi connectivity index (χ0v) is 37.9. The Morgan fingerprint density at radius 1 is 0.308 bits per heavy atom. The maximum atomic E-state index is 5.56. The number of hydrogen-bond donors (Lipinski definition) is 0. The molecule has 0 aliphatic rings. The summed E-state index contributed by atoms with van der Waals surface area (Å²) in [4.78, 5) is 11.1. The molecule has 11 rings (SSSR count). The van der Waals surface area contributed by atoms with Crippen molar-refractivity contribution in [2.45, 2.75) is 57.8 Å². The molecule has 0 saturated carbocycles. The van der Waals surface area contributed by atoms with E-state index in [4.69, 9.17) is 9.97 Å². The van der Waals surface area contributed by atoms with Gasteiger partial charge in [-0.25, -0.2) is 9.97 Å². The minimum atomic E-state index is -0.570. The molecule has 4 nitrogen and oxygen atoms in total. The fourth-order valence-corrected chi connectivity index (χ4v) is 10.1. The van der Waals surface area contributed by atoms with Gasteiger partial charge in [-0.1, -0.05) is 205 Å². The molecule has 0 unspecified atom stereocenters. The van der Waals surface area contributed by atoms with Gasteiger partial charge in [0, 0.05) is 33.2 Å². The second kappa shape index (κ2) is 15.3. The Bertz CT molecular complexity index is 3310. The van der Waals surface area contributed by atoms with Crippen molar-refractivity contribution in [1.29, 1.82) is 0 Å². The van der Waals surface area contributed by atoms with E-state index in [1.54, 1.807) is 0 Å². The number of aromatic nitrogens is 4. The van der Waals surface area contributed by atoms with Gasteiger partial charge >= 0.3 is 0 Å². The summed E-state index contributed by atoms with van der Waals surface area (Å²) in [5.74, 6) is 2.28. The minimum absolute atomic E-state index is 0.0126. The van der Waals surface area contributed by atoms with E-state index in [1.165, 1.54) is 49.4 Å². The number of nitrogens with zero attached hydrogens (tertiary/aromatic N) is 4. The lowest BCUT2D eigenvalue weighted by Gasteiger charge is -2.37. The Hall–Kier alpha value is -7.56. The average Bonchev–Trinajstić information content (AvgIpc) is 3.85. The normalized spacial score (nSPS) is 12.5. The van der Waals surface area contributed by atoms with Crippen molar-refractivity contribution >= 4 is 43.6 Å². The molecule has 8 aromatic carbocycles. The monoisotopic (exact) mass is 840 g/mol. The lowest BCUT2D eigenvalue weighted by molar-refractivity contribution is 0.590. The smallest absolute Gasteiger partial charge is 0.163 e. The van der Waals surface area contributed by atoms with Crippen LogP contribution in [0.5, 0.6) is 0 Å². The van der Waals surface area contributed by atoms with Crippen LogP contribution in [0.3, 0.4) is 0 Å². The SMILES string of the molecule is CC(C)(C)c1ccc2c(c1)c1cc(C(C)(C)C)ccc1n2-c1cc(-n2c3ccccc3c3ccccc32)nc(-c2ccc(C(c3ccccc3)(c3ccccc3)c3ccccc3)cc2)n1. The number of para-hydroxylation sites is 2. The first-order valence-corrected chi connectivity index (χ1v) is 22.7. The van der Waals surface area contributed by atoms with Crippen LogP contribution in [0.25, 0.3) is 66.6 Å². The Kier molecular flexibility index (Phi) is 9.48. The first-order valence-electron chi connectivity index (χ1n) is 22.7. The fraction of sp³-hybridized carbons (Fsp3) is 0.148. The first-order chi connectivity index (χ1) is 31.5. The van der Waals surface area contributed by atoms with Crippen LogP contribution < -0.4 is 0 Å². The van der Waals surface area contributed by atoms with Gasteiger partial charge in [0.1, 0.15) is 11.6 Å². The maximum Gasteiger partial charge on any atom is 0.163 e. The maximum absolute atomic E-state index is 5.56. The second-order valence-electron chi connectivity index (χ2n) is 19.5. The van der Waals surface area contributed by atoms with Crippen LogP contribution in [0.1, 0.15) is 74.9 Å². The molecule has 4 heteroatoms. The molecule has 3 aromatic heterocycles. The molecule has 0 atom stereocenters. The minimum Gasteiger partial charge on any atom is -0.294 e. The van der Waals surface area contributed by atoms with Crippen molar-refractivity contribution in [2.75, 3.05) is 0 Å². The zero-order chi connectivity index (χ0) is 44.5. The van der Waals surface area contributed by atoms with Gasteiger partial charge in [0.2, 0.25) is 0 Å². The summed E-state index contributed by atoms with van der Waals surface area (Å²) in [5, 5.41) is 4.82. The van der Waals surface area contributed by atoms with Gasteiger partial charge in [0.05, 0.1) is 27.5 Å². The average molecular weight is 841 g/mol. The second-order valence-corrected chi connectivity index (χ2v) is 19.5. The predicted octanol–water partition coefficient (Wildman–Crippen LogP) is 15.3. The fourth-order valence-electron chi connectivity index (χ4n) is 10.1. The van der Waals surface area contributed by atoms with Crippen molar-refractivity contribution in [1.82, 2.24) is 19.1 Å². The highest BCUT2D eigenvalue weighted by molar-refractivity contribution is 6.11. The van der Waals surface area contributed by atoms with Gasteiger partial charge in [-0.2, -0.15) is 0 Å². The van der Waals surface area contributed by atoms with Gasteiger partial charge in [-0.15, -0.1) is 0 Å². The van der Waals surface area contributed by atoms with Gasteiger partial charge < -0.3 is 0 Å². The van der Waals surface area contributed by atoms with E-state index in [9.17, 15) is 0 Å². The standard InChI is InChI=1S/C61H52N4/c1-59(2,3)46-34-36-54-50(38-46)51-39-47(60(4,5)6)35-37-55(51)65(54)57-40-56(64-52-28-18-16-26-48(52)49-27-17-19-29-53(49)64)62-58(63-57)41-30-32-45(33-31-41)61(42-20-10-7-11-21-42,43-22-12-8-13-23-43)44-24-14-9-15-25-44/h7-40H,1-6H3. The van der Waals surface area contributed by atoms with E-state index in [0.29, 0.717) is 5.82 Å². The summed E-state index contributed by atoms with van der Waals surface area (Å²) >= 11 is 0. The number of hydrogen-bond acceptors (Lipinski definition) is 2. The highest BCUT2D eigenvalue weighted by Crippen LogP contribution is 2.46. The van der Waals surface area contributed by atoms with E-state index in [1.807, 2.05) is 0 Å². The third kappa shape index (κ3) is 6.66. The molecule has 0 aliphatic carbocycles. The molecule has 0 fully saturated rings. The first kappa shape index (κ1) is 40.2. The molecule has 0 radical (unpaired) electrons. The Balaban J connectivity index is 1.18. The van der Waals surface area contributed by atoms with Gasteiger partial charge in [0.25, 0.3) is 0 Å². The van der Waals surface area contributed by atoms with E-state index >= 15 is 0 Å². The molecule has 0 saturated heterocycles. The molecule has 3 heterocycles. The molecule has 316 valence electrons. The molecule has 0 spiro atoms. The Morgan fingerprint density at radius 3 is 1.05 bits per heavy atom. The van der Waals surface area contributed by atoms with E-state index in [2.05, 4.69) is 257 Å². The predicted molar refractivity (Wildman–Crippen MR) is 272 cm³/mol. The van der Waals surface area contributed by atoms with Crippen LogP contribution >= 0.6 is 0 Å². The van der Waals surface area contributed by atoms with Crippen molar-refractivity contribution in [3.05, 3.63) is 240 Å². The number of benzene rings is 8. The van der Waals surface area contributed by atoms with Crippen LogP contribution in [0.15, 0.2) is 206 Å². The van der Waals surface area contributed by atoms with E-state index < -0.39 is 5.41 Å². The van der Waals surface area contributed by atoms with Crippen LogP contribution in [0.2, 0.25) is 0 Å². The van der Waals surface area contributed by atoms with Gasteiger partial charge in [-0.05, 0) is 80.6 Å². The topological polar surface area (TPSA) is 35.6 Å². The third-order valence-electron chi connectivity index (χ3n) is 13.4. The molecule has 0 aliphatic heterocycles. The highest BCUT2D eigenvalue weighted by Gasteiger charge is 2.38. The molecular weight excluding hydrogens is 789 g/mol. The van der Waals surface area contributed by atoms with Crippen LogP contribution in [-0.2, 0) is 16.2 Å². The van der Waals surface area contributed by atoms with Crippen molar-refractivity contribution < 1.29 is 0 Å². The van der Waals surface area contributed by atoms with Gasteiger partial charge in [-0.3, -0.25) is 9.13 Å². The summed E-state index contributed by atoms with van der Waals surface area (Å²) in [6, 6.07) is 75.0. The molecule has 0 N–H and O–H groups in total. The molecule has 65 heavy (non-hydrogen) atoms. The summed E-state index contributed by atoms with van der Waals surface area (Å²) in [5.41, 5.74) is 12.2. The Morgan fingerprint density at radius 2 is 0.646 bits per heavy atom. The number of rotatable bonds is 7. The van der Waals surface area contributed by atoms with Crippen molar-refractivity contribution in [3.63, 3.8) is 0 Å². The highest BCUT2D eigenvalue weighted by atomic mass is 15.1. The van der Waals surface area contributed by atoms with Crippen molar-refractivity contribution in [3.8, 4) is 23.0 Å². The van der Waals surface area contributed by atoms with Crippen LogP contribution in [0.4, 0.5) is 0 Å². The van der Waals surface area contributed by atoms with Crippen molar-refractivity contribution in [2.24, 2.45) is 0 Å². The largest absolute Gasteiger partial charge is 0.294 e. The number of fused-ring (bicyclic) bond motifs is 6. The molecule has 11 aromatic rings. The third-order valence-corrected chi connectivity index (χ3v) is 13.4. The Labute approximate surface area is 381 Å². The summed E-state index contributed by atoms with van der Waals surface area (Å²) in [7, 11) is 0. The summed E-state index contributed by atoms with van der Waals surface area (Å²) < 4.78 is 4.66. The van der Waals surface area contributed by atoms with E-state index in [0.717, 1.165) is 44.8 Å². The lowest BCUT2D eigenvalue weighted by atomic mass is 9.65. The van der Waals surface area contributed by atoms with Gasteiger partial charge in [0.15, 0.2) is 5.82 Å². The lowest BCUT2D eigenvalue weighted by Crippen LogP contribution is -2.30. The van der Waals surface area contributed by atoms with E-state index in [-0.39, 0.29) is 10.8 Å².